The molecule has 0 unspecified atom stereocenters. The van der Waals surface area contributed by atoms with Crippen LogP contribution in [0.4, 0.5) is 5.69 Å². The zero-order chi connectivity index (χ0) is 18.2. The summed E-state index contributed by atoms with van der Waals surface area (Å²) in [6.07, 6.45) is 0. The molecule has 0 aromatic heterocycles. The quantitative estimate of drug-likeness (QED) is 0.565. The molecule has 0 fully saturated rings. The molecule has 26 heavy (non-hydrogen) atoms. The zero-order valence-corrected chi connectivity index (χ0v) is 15.5. The molecule has 0 aliphatic heterocycles. The molecule has 0 aliphatic carbocycles. The van der Waals surface area contributed by atoms with Gasteiger partial charge in [-0.2, -0.15) is 0 Å². The molecule has 3 N–H and O–H groups in total. The number of hydrogen-bond acceptors (Lipinski definition) is 3. The first-order chi connectivity index (χ1) is 12.8. The van der Waals surface area contributed by atoms with Crippen LogP contribution in [0, 0.1) is 0 Å². The molecule has 0 bridgehead atoms. The van der Waals surface area contributed by atoms with Crippen LogP contribution in [-0.4, -0.2) is 20.6 Å². The molecular formula is C23H27N3. The number of nitrogens with one attached hydrogen (secondary N) is 3. The molecule has 134 valence electrons. The van der Waals surface area contributed by atoms with Gasteiger partial charge in [-0.25, -0.2) is 0 Å². The molecule has 0 spiro atoms. The highest BCUT2D eigenvalue weighted by molar-refractivity contribution is 5.69. The van der Waals surface area contributed by atoms with Crippen molar-refractivity contribution in [2.24, 2.45) is 0 Å². The first-order valence-electron chi connectivity index (χ1n) is 9.10. The summed E-state index contributed by atoms with van der Waals surface area (Å²) in [5, 5.41) is 10.3. The van der Waals surface area contributed by atoms with E-state index in [9.17, 15) is 0 Å². The van der Waals surface area contributed by atoms with Gasteiger partial charge in [0.05, 0.1) is 0 Å². The van der Waals surface area contributed by atoms with Crippen molar-refractivity contribution < 1.29 is 0 Å². The standard InChI is InChI=1S/C23H27N3/c1-24-16-18-13-21(19-9-5-3-6-10-19)15-22(14-18)26-17-23(25-2)20-11-7-4-8-12-20/h3-15,23-26H,16-17H2,1-2H3/t23-/m1/s1. The van der Waals surface area contributed by atoms with Gasteiger partial charge < -0.3 is 16.0 Å². The van der Waals surface area contributed by atoms with E-state index < -0.39 is 0 Å². The maximum Gasteiger partial charge on any atom is 0.0493 e. The molecule has 0 aliphatic rings. The van der Waals surface area contributed by atoms with E-state index in [2.05, 4.69) is 94.8 Å². The topological polar surface area (TPSA) is 36.1 Å². The van der Waals surface area contributed by atoms with E-state index in [0.717, 1.165) is 18.8 Å². The van der Waals surface area contributed by atoms with Crippen LogP contribution in [0.1, 0.15) is 17.2 Å². The Bertz CT molecular complexity index is 800. The summed E-state index contributed by atoms with van der Waals surface area (Å²) in [6.45, 7) is 1.68. The van der Waals surface area contributed by atoms with Crippen LogP contribution in [-0.2, 0) is 6.54 Å². The maximum atomic E-state index is 3.61. The van der Waals surface area contributed by atoms with Crippen molar-refractivity contribution in [1.29, 1.82) is 0 Å². The van der Waals surface area contributed by atoms with E-state index >= 15 is 0 Å². The van der Waals surface area contributed by atoms with Gasteiger partial charge in [0.2, 0.25) is 0 Å². The fourth-order valence-corrected chi connectivity index (χ4v) is 3.19. The maximum absolute atomic E-state index is 3.61. The third kappa shape index (κ3) is 4.72. The molecule has 3 nitrogen and oxygen atoms in total. The van der Waals surface area contributed by atoms with E-state index in [4.69, 9.17) is 0 Å². The van der Waals surface area contributed by atoms with Crippen LogP contribution in [0.5, 0.6) is 0 Å². The third-order valence-electron chi connectivity index (χ3n) is 4.54. The van der Waals surface area contributed by atoms with Crippen molar-refractivity contribution in [2.75, 3.05) is 26.0 Å². The molecule has 0 saturated heterocycles. The lowest BCUT2D eigenvalue weighted by Gasteiger charge is -2.19. The number of anilines is 1. The lowest BCUT2D eigenvalue weighted by molar-refractivity contribution is 0.622. The van der Waals surface area contributed by atoms with Crippen LogP contribution in [0.15, 0.2) is 78.9 Å². The van der Waals surface area contributed by atoms with Gasteiger partial charge in [-0.15, -0.1) is 0 Å². The van der Waals surface area contributed by atoms with Crippen molar-refractivity contribution in [2.45, 2.75) is 12.6 Å². The summed E-state index contributed by atoms with van der Waals surface area (Å²) in [6, 6.07) is 28.0. The van der Waals surface area contributed by atoms with Gasteiger partial charge in [-0.3, -0.25) is 0 Å². The zero-order valence-electron chi connectivity index (χ0n) is 15.5. The highest BCUT2D eigenvalue weighted by atomic mass is 15.0. The molecule has 0 saturated carbocycles. The van der Waals surface area contributed by atoms with Gasteiger partial charge in [-0.1, -0.05) is 60.7 Å². The SMILES string of the molecule is CNCc1cc(NC[C@@H](NC)c2ccccc2)cc(-c2ccccc2)c1. The van der Waals surface area contributed by atoms with Crippen LogP contribution in [0.3, 0.4) is 0 Å². The first kappa shape index (κ1) is 18.2. The molecule has 3 rings (SSSR count). The summed E-state index contributed by atoms with van der Waals surface area (Å²) in [5.41, 5.74) is 6.19. The van der Waals surface area contributed by atoms with Crippen molar-refractivity contribution in [1.82, 2.24) is 10.6 Å². The van der Waals surface area contributed by atoms with E-state index in [1.165, 1.54) is 22.3 Å². The van der Waals surface area contributed by atoms with Gasteiger partial charge in [0.15, 0.2) is 0 Å². The lowest BCUT2D eigenvalue weighted by Crippen LogP contribution is -2.24. The van der Waals surface area contributed by atoms with Crippen LogP contribution < -0.4 is 16.0 Å². The monoisotopic (exact) mass is 345 g/mol. The van der Waals surface area contributed by atoms with Gasteiger partial charge in [0.1, 0.15) is 0 Å². The van der Waals surface area contributed by atoms with Crippen molar-refractivity contribution in [3.63, 3.8) is 0 Å². The Balaban J connectivity index is 1.81. The molecule has 0 heterocycles. The molecule has 3 heteroatoms. The summed E-state index contributed by atoms with van der Waals surface area (Å²) in [4.78, 5) is 0. The minimum Gasteiger partial charge on any atom is -0.383 e. The Kier molecular flexibility index (Phi) is 6.42. The second-order valence-electron chi connectivity index (χ2n) is 6.45. The fourth-order valence-electron chi connectivity index (χ4n) is 3.19. The Morgan fingerprint density at radius 3 is 2.12 bits per heavy atom. The summed E-state index contributed by atoms with van der Waals surface area (Å²) in [5.74, 6) is 0. The predicted octanol–water partition coefficient (Wildman–Crippen LogP) is 4.45. The van der Waals surface area contributed by atoms with Gasteiger partial charge in [0, 0.05) is 24.8 Å². The Labute approximate surface area is 156 Å². The van der Waals surface area contributed by atoms with E-state index in [0.29, 0.717) is 0 Å². The van der Waals surface area contributed by atoms with E-state index in [1.54, 1.807) is 0 Å². The normalized spacial score (nSPS) is 11.9. The predicted molar refractivity (Wildman–Crippen MR) is 111 cm³/mol. The highest BCUT2D eigenvalue weighted by Crippen LogP contribution is 2.25. The number of hydrogen-bond donors (Lipinski definition) is 3. The molecule has 3 aromatic carbocycles. The van der Waals surface area contributed by atoms with Gasteiger partial charge >= 0.3 is 0 Å². The van der Waals surface area contributed by atoms with Crippen molar-refractivity contribution >= 4 is 5.69 Å². The van der Waals surface area contributed by atoms with E-state index in [-0.39, 0.29) is 6.04 Å². The second-order valence-corrected chi connectivity index (χ2v) is 6.45. The molecular weight excluding hydrogens is 318 g/mol. The summed E-state index contributed by atoms with van der Waals surface area (Å²) < 4.78 is 0. The minimum absolute atomic E-state index is 0.268. The highest BCUT2D eigenvalue weighted by Gasteiger charge is 2.09. The Hall–Kier alpha value is -2.62. The molecule has 0 radical (unpaired) electrons. The lowest BCUT2D eigenvalue weighted by atomic mass is 10.0. The number of benzene rings is 3. The number of rotatable bonds is 8. The summed E-state index contributed by atoms with van der Waals surface area (Å²) >= 11 is 0. The van der Waals surface area contributed by atoms with Crippen molar-refractivity contribution in [3.8, 4) is 11.1 Å². The fraction of sp³-hybridized carbons (Fsp3) is 0.217. The molecule has 3 aromatic rings. The second kappa shape index (κ2) is 9.18. The van der Waals surface area contributed by atoms with Crippen LogP contribution >= 0.6 is 0 Å². The number of likely N-dealkylation sites (N-methyl/N-ethyl adjacent to an activating group) is 1. The Morgan fingerprint density at radius 2 is 1.46 bits per heavy atom. The first-order valence-corrected chi connectivity index (χ1v) is 9.10. The average Bonchev–Trinajstić information content (AvgIpc) is 2.70. The minimum atomic E-state index is 0.268. The van der Waals surface area contributed by atoms with Gasteiger partial charge in [-0.05, 0) is 54.5 Å². The smallest absolute Gasteiger partial charge is 0.0493 e. The van der Waals surface area contributed by atoms with Crippen LogP contribution in [0.25, 0.3) is 11.1 Å². The molecule has 0 amide bonds. The third-order valence-corrected chi connectivity index (χ3v) is 4.54. The Morgan fingerprint density at radius 1 is 0.769 bits per heavy atom. The molecule has 1 atom stereocenters. The summed E-state index contributed by atoms with van der Waals surface area (Å²) in [7, 11) is 3.99. The largest absolute Gasteiger partial charge is 0.383 e. The van der Waals surface area contributed by atoms with Gasteiger partial charge in [0.25, 0.3) is 0 Å². The van der Waals surface area contributed by atoms with Crippen molar-refractivity contribution in [3.05, 3.63) is 90.0 Å². The average molecular weight is 345 g/mol. The van der Waals surface area contributed by atoms with E-state index in [1.807, 2.05) is 14.1 Å². The van der Waals surface area contributed by atoms with Crippen LogP contribution in [0.2, 0.25) is 0 Å².